The van der Waals surface area contributed by atoms with Crippen molar-refractivity contribution in [2.24, 2.45) is 0 Å². The zero-order chi connectivity index (χ0) is 25.1. The molecule has 3 rings (SSSR count). The topological polar surface area (TPSA) is 71.9 Å². The molecule has 10 heteroatoms. The molecule has 0 unspecified atom stereocenters. The monoisotopic (exact) mass is 494 g/mol. The Kier molecular flexibility index (Phi) is 7.40. The standard InChI is InChI=1S/C24H25F3N2O4S/c1-15-13-18(9-10-20(15)33-23(2,3)21(30)31)32-12-11-29(4)22-28-19(14-34-22)16-5-7-17(8-6-16)24(25,26)27/h5-10,13-14H,11-12H2,1-4H3,(H,30,31). The maximum atomic E-state index is 12.7. The highest BCUT2D eigenvalue weighted by atomic mass is 32.1. The van der Waals surface area contributed by atoms with Gasteiger partial charge in [-0.25, -0.2) is 9.78 Å². The van der Waals surface area contributed by atoms with Crippen LogP contribution in [0.4, 0.5) is 18.3 Å². The summed E-state index contributed by atoms with van der Waals surface area (Å²) in [5, 5.41) is 11.7. The van der Waals surface area contributed by atoms with Crippen LogP contribution in [-0.2, 0) is 11.0 Å². The van der Waals surface area contributed by atoms with Crippen molar-refractivity contribution in [1.29, 1.82) is 0 Å². The van der Waals surface area contributed by atoms with E-state index in [4.69, 9.17) is 9.47 Å². The Morgan fingerprint density at radius 3 is 2.41 bits per heavy atom. The Hall–Kier alpha value is -3.27. The number of aliphatic carboxylic acids is 1. The molecule has 0 atom stereocenters. The molecule has 6 nitrogen and oxygen atoms in total. The third-order valence-electron chi connectivity index (χ3n) is 5.05. The molecule has 0 spiro atoms. The van der Waals surface area contributed by atoms with Crippen molar-refractivity contribution in [3.8, 4) is 22.8 Å². The van der Waals surface area contributed by atoms with Gasteiger partial charge in [-0.15, -0.1) is 11.3 Å². The molecule has 0 saturated carbocycles. The van der Waals surface area contributed by atoms with E-state index in [-0.39, 0.29) is 0 Å². The van der Waals surface area contributed by atoms with Gasteiger partial charge in [0.05, 0.1) is 17.8 Å². The quantitative estimate of drug-likeness (QED) is 0.400. The molecule has 1 N–H and O–H groups in total. The molecule has 0 fully saturated rings. The lowest BCUT2D eigenvalue weighted by molar-refractivity contribution is -0.152. The summed E-state index contributed by atoms with van der Waals surface area (Å²) in [4.78, 5) is 17.7. The van der Waals surface area contributed by atoms with Crippen molar-refractivity contribution in [3.63, 3.8) is 0 Å². The molecular weight excluding hydrogens is 469 g/mol. The highest BCUT2D eigenvalue weighted by Gasteiger charge is 2.30. The summed E-state index contributed by atoms with van der Waals surface area (Å²) >= 11 is 1.39. The van der Waals surface area contributed by atoms with Gasteiger partial charge in [-0.05, 0) is 56.7 Å². The van der Waals surface area contributed by atoms with Gasteiger partial charge in [-0.1, -0.05) is 12.1 Å². The molecule has 0 aliphatic carbocycles. The summed E-state index contributed by atoms with van der Waals surface area (Å²) in [5.41, 5.74) is -0.0633. The number of rotatable bonds is 9. The molecule has 2 aromatic carbocycles. The van der Waals surface area contributed by atoms with Gasteiger partial charge in [0.1, 0.15) is 18.1 Å². The van der Waals surface area contributed by atoms with Crippen LogP contribution in [0.15, 0.2) is 47.8 Å². The number of aromatic nitrogens is 1. The fraction of sp³-hybridized carbons (Fsp3) is 0.333. The number of carbonyl (C=O) groups is 1. The number of thiazole rings is 1. The van der Waals surface area contributed by atoms with Gasteiger partial charge < -0.3 is 19.5 Å². The molecular formula is C24H25F3N2O4S. The first-order chi connectivity index (χ1) is 15.9. The van der Waals surface area contributed by atoms with E-state index < -0.39 is 23.3 Å². The van der Waals surface area contributed by atoms with Crippen molar-refractivity contribution in [3.05, 3.63) is 59.0 Å². The van der Waals surface area contributed by atoms with E-state index in [0.717, 1.165) is 17.7 Å². The molecule has 1 aromatic heterocycles. The predicted octanol–water partition coefficient (Wildman–Crippen LogP) is 5.89. The molecule has 3 aromatic rings. The molecule has 0 amide bonds. The van der Waals surface area contributed by atoms with Gasteiger partial charge in [0, 0.05) is 18.0 Å². The van der Waals surface area contributed by atoms with Crippen LogP contribution < -0.4 is 14.4 Å². The molecule has 182 valence electrons. The number of halogens is 3. The van der Waals surface area contributed by atoms with Crippen LogP contribution >= 0.6 is 11.3 Å². The van der Waals surface area contributed by atoms with Crippen LogP contribution in [0.5, 0.6) is 11.5 Å². The lowest BCUT2D eigenvalue weighted by Crippen LogP contribution is -2.38. The third-order valence-corrected chi connectivity index (χ3v) is 6.00. The fourth-order valence-corrected chi connectivity index (χ4v) is 3.77. The average Bonchev–Trinajstić information content (AvgIpc) is 3.25. The summed E-state index contributed by atoms with van der Waals surface area (Å²) in [5.74, 6) is 0.0327. The van der Waals surface area contributed by atoms with Crippen LogP contribution in [0.3, 0.4) is 0 Å². The number of ether oxygens (including phenoxy) is 2. The van der Waals surface area contributed by atoms with Crippen LogP contribution in [0.1, 0.15) is 25.0 Å². The predicted molar refractivity (Wildman–Crippen MR) is 125 cm³/mol. The highest BCUT2D eigenvalue weighted by molar-refractivity contribution is 7.14. The fourth-order valence-electron chi connectivity index (χ4n) is 2.94. The molecule has 0 bridgehead atoms. The van der Waals surface area contributed by atoms with Crippen LogP contribution in [0.2, 0.25) is 0 Å². The Labute approximate surface area is 199 Å². The van der Waals surface area contributed by atoms with Gasteiger partial charge in [-0.3, -0.25) is 0 Å². The Morgan fingerprint density at radius 1 is 1.15 bits per heavy atom. The van der Waals surface area contributed by atoms with Gasteiger partial charge in [0.15, 0.2) is 10.7 Å². The lowest BCUT2D eigenvalue weighted by Gasteiger charge is -2.23. The highest BCUT2D eigenvalue weighted by Crippen LogP contribution is 2.32. The van der Waals surface area contributed by atoms with Gasteiger partial charge >= 0.3 is 12.1 Å². The summed E-state index contributed by atoms with van der Waals surface area (Å²) in [6, 6.07) is 10.1. The van der Waals surface area contributed by atoms with Crippen LogP contribution in [-0.4, -0.2) is 41.9 Å². The third kappa shape index (κ3) is 6.19. The number of benzene rings is 2. The van der Waals surface area contributed by atoms with Crippen molar-refractivity contribution >= 4 is 22.4 Å². The second-order valence-corrected chi connectivity index (χ2v) is 9.04. The van der Waals surface area contributed by atoms with E-state index in [1.165, 1.54) is 37.3 Å². The number of alkyl halides is 3. The second kappa shape index (κ2) is 9.92. The average molecular weight is 495 g/mol. The number of hydrogen-bond donors (Lipinski definition) is 1. The van der Waals surface area contributed by atoms with Gasteiger partial charge in [0.25, 0.3) is 0 Å². The van der Waals surface area contributed by atoms with E-state index >= 15 is 0 Å². The lowest BCUT2D eigenvalue weighted by atomic mass is 10.1. The molecule has 0 radical (unpaired) electrons. The van der Waals surface area contributed by atoms with Crippen molar-refractivity contribution < 1.29 is 32.5 Å². The number of carboxylic acids is 1. The van der Waals surface area contributed by atoms with Crippen molar-refractivity contribution in [2.45, 2.75) is 32.5 Å². The number of nitrogens with zero attached hydrogens (tertiary/aromatic N) is 2. The first kappa shape index (κ1) is 25.4. The molecule has 0 saturated heterocycles. The van der Waals surface area contributed by atoms with E-state index in [0.29, 0.717) is 41.0 Å². The van der Waals surface area contributed by atoms with Crippen LogP contribution in [0.25, 0.3) is 11.3 Å². The number of likely N-dealkylation sites (N-methyl/N-ethyl adjacent to an activating group) is 1. The van der Waals surface area contributed by atoms with Crippen molar-refractivity contribution in [1.82, 2.24) is 4.98 Å². The van der Waals surface area contributed by atoms with E-state index in [2.05, 4.69) is 4.98 Å². The van der Waals surface area contributed by atoms with E-state index in [1.807, 2.05) is 18.9 Å². The Bertz CT molecular complexity index is 1140. The van der Waals surface area contributed by atoms with E-state index in [1.54, 1.807) is 23.6 Å². The van der Waals surface area contributed by atoms with Crippen molar-refractivity contribution in [2.75, 3.05) is 25.1 Å². The first-order valence-electron chi connectivity index (χ1n) is 10.4. The summed E-state index contributed by atoms with van der Waals surface area (Å²) in [7, 11) is 1.86. The molecule has 1 heterocycles. The maximum absolute atomic E-state index is 12.7. The Balaban J connectivity index is 1.56. The van der Waals surface area contributed by atoms with Crippen LogP contribution in [0, 0.1) is 6.92 Å². The summed E-state index contributed by atoms with van der Waals surface area (Å²) in [6.07, 6.45) is -4.37. The smallest absolute Gasteiger partial charge is 0.416 e. The number of hydrogen-bond acceptors (Lipinski definition) is 6. The minimum absolute atomic E-state index is 0.367. The minimum atomic E-state index is -4.37. The first-order valence-corrected chi connectivity index (χ1v) is 11.2. The molecule has 0 aliphatic rings. The maximum Gasteiger partial charge on any atom is 0.416 e. The summed E-state index contributed by atoms with van der Waals surface area (Å²) < 4.78 is 49.6. The van der Waals surface area contributed by atoms with E-state index in [9.17, 15) is 23.1 Å². The second-order valence-electron chi connectivity index (χ2n) is 8.21. The summed E-state index contributed by atoms with van der Waals surface area (Å²) in [6.45, 7) is 5.67. The van der Waals surface area contributed by atoms with Gasteiger partial charge in [-0.2, -0.15) is 13.2 Å². The number of carboxylic acid groups (broad SMARTS) is 1. The number of anilines is 1. The molecule has 34 heavy (non-hydrogen) atoms. The Morgan fingerprint density at radius 2 is 1.82 bits per heavy atom. The SMILES string of the molecule is Cc1cc(OCCN(C)c2nc(-c3ccc(C(F)(F)F)cc3)cs2)ccc1OC(C)(C)C(=O)O. The molecule has 0 aliphatic heterocycles. The normalized spacial score (nSPS) is 11.9. The van der Waals surface area contributed by atoms with Gasteiger partial charge in [0.2, 0.25) is 0 Å². The zero-order valence-electron chi connectivity index (χ0n) is 19.1. The zero-order valence-corrected chi connectivity index (χ0v) is 20.0. The number of aryl methyl sites for hydroxylation is 1. The minimum Gasteiger partial charge on any atom is -0.492 e. The largest absolute Gasteiger partial charge is 0.492 e.